The van der Waals surface area contributed by atoms with E-state index < -0.39 is 0 Å². The van der Waals surface area contributed by atoms with Gasteiger partial charge >= 0.3 is 0 Å². The molecule has 2 N–H and O–H groups in total. The Balaban J connectivity index is 1.59. The van der Waals surface area contributed by atoms with Crippen LogP contribution in [0.5, 0.6) is 5.75 Å². The highest BCUT2D eigenvalue weighted by Gasteiger charge is 2.14. The molecular formula is C19H23N3O2. The zero-order chi connectivity index (χ0) is 16.8. The van der Waals surface area contributed by atoms with Gasteiger partial charge in [0, 0.05) is 12.7 Å². The molecular weight excluding hydrogens is 302 g/mol. The number of amidine groups is 1. The first-order chi connectivity index (χ1) is 11.8. The fourth-order valence-electron chi connectivity index (χ4n) is 2.67. The van der Waals surface area contributed by atoms with Crippen molar-refractivity contribution in [2.75, 3.05) is 33.4 Å². The molecule has 3 rings (SSSR count). The van der Waals surface area contributed by atoms with Gasteiger partial charge < -0.3 is 9.47 Å². The van der Waals surface area contributed by atoms with Gasteiger partial charge in [-0.05, 0) is 29.7 Å². The molecule has 0 unspecified atom stereocenters. The number of hydrogen-bond acceptors (Lipinski definition) is 5. The first kappa shape index (κ1) is 16.5. The number of nitrogens with two attached hydrogens (primary N) is 1. The van der Waals surface area contributed by atoms with Crippen LogP contribution in [0.25, 0.3) is 0 Å². The van der Waals surface area contributed by atoms with Gasteiger partial charge in [-0.25, -0.2) is 5.84 Å². The SMILES string of the molecule is COCCOc1ccc(Cc2ccc(C3=NCCN3N)cc2)cc1. The summed E-state index contributed by atoms with van der Waals surface area (Å²) in [6.45, 7) is 2.72. The molecule has 126 valence electrons. The maximum Gasteiger partial charge on any atom is 0.145 e. The summed E-state index contributed by atoms with van der Waals surface area (Å²) in [4.78, 5) is 4.44. The Morgan fingerprint density at radius 1 is 1.00 bits per heavy atom. The van der Waals surface area contributed by atoms with Gasteiger partial charge in [0.25, 0.3) is 0 Å². The molecule has 1 heterocycles. The van der Waals surface area contributed by atoms with Crippen LogP contribution < -0.4 is 10.6 Å². The highest BCUT2D eigenvalue weighted by Crippen LogP contribution is 2.17. The Morgan fingerprint density at radius 2 is 1.67 bits per heavy atom. The first-order valence-electron chi connectivity index (χ1n) is 8.13. The van der Waals surface area contributed by atoms with Crippen molar-refractivity contribution < 1.29 is 9.47 Å². The predicted molar refractivity (Wildman–Crippen MR) is 95.4 cm³/mol. The lowest BCUT2D eigenvalue weighted by Crippen LogP contribution is -2.34. The predicted octanol–water partition coefficient (Wildman–Crippen LogP) is 2.24. The summed E-state index contributed by atoms with van der Waals surface area (Å²) in [7, 11) is 1.67. The van der Waals surface area contributed by atoms with Gasteiger partial charge in [0.05, 0.1) is 19.7 Å². The number of aliphatic imine (C=N–C) groups is 1. The van der Waals surface area contributed by atoms with E-state index in [0.29, 0.717) is 13.2 Å². The van der Waals surface area contributed by atoms with Crippen LogP contribution in [0.1, 0.15) is 16.7 Å². The van der Waals surface area contributed by atoms with Crippen LogP contribution in [0.15, 0.2) is 53.5 Å². The van der Waals surface area contributed by atoms with E-state index in [-0.39, 0.29) is 0 Å². The molecule has 0 aromatic heterocycles. The van der Waals surface area contributed by atoms with Gasteiger partial charge in [-0.2, -0.15) is 0 Å². The third kappa shape index (κ3) is 4.13. The van der Waals surface area contributed by atoms with Crippen LogP contribution in [-0.4, -0.2) is 44.3 Å². The lowest BCUT2D eigenvalue weighted by atomic mass is 10.0. The Kier molecular flexibility index (Phi) is 5.46. The molecule has 5 heteroatoms. The maximum atomic E-state index is 5.91. The van der Waals surface area contributed by atoms with E-state index in [1.54, 1.807) is 12.1 Å². The summed E-state index contributed by atoms with van der Waals surface area (Å²) >= 11 is 0. The average Bonchev–Trinajstić information content (AvgIpc) is 3.03. The standard InChI is InChI=1S/C19H23N3O2/c1-23-12-13-24-18-8-4-16(5-9-18)14-15-2-6-17(7-3-15)19-21-10-11-22(19)20/h2-9H,10-14,20H2,1H3. The Morgan fingerprint density at radius 3 is 2.25 bits per heavy atom. The van der Waals surface area contributed by atoms with Gasteiger partial charge in [-0.1, -0.05) is 36.4 Å². The van der Waals surface area contributed by atoms with Gasteiger partial charge in [-0.3, -0.25) is 10.0 Å². The van der Waals surface area contributed by atoms with Gasteiger partial charge in [0.2, 0.25) is 0 Å². The number of benzene rings is 2. The highest BCUT2D eigenvalue weighted by molar-refractivity contribution is 5.99. The molecule has 24 heavy (non-hydrogen) atoms. The first-order valence-corrected chi connectivity index (χ1v) is 8.13. The quantitative estimate of drug-likeness (QED) is 0.626. The number of methoxy groups -OCH3 is 1. The second-order valence-electron chi connectivity index (χ2n) is 5.76. The largest absolute Gasteiger partial charge is 0.491 e. The molecule has 0 atom stereocenters. The van der Waals surface area contributed by atoms with E-state index in [4.69, 9.17) is 15.3 Å². The Hall–Kier alpha value is -2.37. The van der Waals surface area contributed by atoms with Crippen molar-refractivity contribution in [3.8, 4) is 5.75 Å². The van der Waals surface area contributed by atoms with Crippen LogP contribution in [0.2, 0.25) is 0 Å². The molecule has 0 radical (unpaired) electrons. The molecule has 0 fully saturated rings. The highest BCUT2D eigenvalue weighted by atomic mass is 16.5. The number of nitrogens with zero attached hydrogens (tertiary/aromatic N) is 2. The zero-order valence-electron chi connectivity index (χ0n) is 13.9. The van der Waals surface area contributed by atoms with Crippen molar-refractivity contribution in [2.24, 2.45) is 10.8 Å². The molecule has 1 aliphatic rings. The molecule has 0 amide bonds. The summed E-state index contributed by atoms with van der Waals surface area (Å²) in [6.07, 6.45) is 0.886. The number of hydrogen-bond donors (Lipinski definition) is 1. The Bertz CT molecular complexity index is 681. The van der Waals surface area contributed by atoms with Crippen molar-refractivity contribution in [1.82, 2.24) is 5.01 Å². The molecule has 0 spiro atoms. The summed E-state index contributed by atoms with van der Waals surface area (Å²) in [6, 6.07) is 16.6. The van der Waals surface area contributed by atoms with Crippen LogP contribution in [0.4, 0.5) is 0 Å². The number of hydrazine groups is 1. The summed E-state index contributed by atoms with van der Waals surface area (Å²) in [5.74, 6) is 7.66. The lowest BCUT2D eigenvalue weighted by Gasteiger charge is -2.13. The number of rotatable bonds is 7. The van der Waals surface area contributed by atoms with Crippen LogP contribution in [0, 0.1) is 0 Å². The smallest absolute Gasteiger partial charge is 0.145 e. The second kappa shape index (κ2) is 7.95. The molecule has 2 aromatic rings. The molecule has 5 nitrogen and oxygen atoms in total. The zero-order valence-corrected chi connectivity index (χ0v) is 13.9. The van der Waals surface area contributed by atoms with E-state index in [1.165, 1.54) is 11.1 Å². The number of ether oxygens (including phenoxy) is 2. The molecule has 1 aliphatic heterocycles. The topological polar surface area (TPSA) is 60.1 Å². The summed E-state index contributed by atoms with van der Waals surface area (Å²) in [5.41, 5.74) is 3.58. The lowest BCUT2D eigenvalue weighted by molar-refractivity contribution is 0.146. The fourth-order valence-corrected chi connectivity index (χ4v) is 2.67. The molecule has 0 saturated carbocycles. The minimum absolute atomic E-state index is 0.569. The van der Waals surface area contributed by atoms with E-state index in [2.05, 4.69) is 41.4 Å². The third-order valence-electron chi connectivity index (χ3n) is 3.97. The third-order valence-corrected chi connectivity index (χ3v) is 3.97. The van der Waals surface area contributed by atoms with E-state index >= 15 is 0 Å². The minimum Gasteiger partial charge on any atom is -0.491 e. The molecule has 0 saturated heterocycles. The van der Waals surface area contributed by atoms with E-state index in [9.17, 15) is 0 Å². The van der Waals surface area contributed by atoms with Crippen molar-refractivity contribution in [3.05, 3.63) is 65.2 Å². The van der Waals surface area contributed by atoms with Crippen LogP contribution in [0.3, 0.4) is 0 Å². The molecule has 2 aromatic carbocycles. The summed E-state index contributed by atoms with van der Waals surface area (Å²) < 4.78 is 10.6. The monoisotopic (exact) mass is 325 g/mol. The fraction of sp³-hybridized carbons (Fsp3) is 0.316. The van der Waals surface area contributed by atoms with Crippen LogP contribution in [-0.2, 0) is 11.2 Å². The van der Waals surface area contributed by atoms with E-state index in [0.717, 1.165) is 36.7 Å². The van der Waals surface area contributed by atoms with Crippen molar-refractivity contribution in [1.29, 1.82) is 0 Å². The van der Waals surface area contributed by atoms with Crippen LogP contribution >= 0.6 is 0 Å². The Labute approximate surface area is 142 Å². The normalized spacial score (nSPS) is 13.9. The maximum absolute atomic E-state index is 5.91. The van der Waals surface area contributed by atoms with Gasteiger partial charge in [0.1, 0.15) is 18.2 Å². The molecule has 0 bridgehead atoms. The average molecular weight is 325 g/mol. The van der Waals surface area contributed by atoms with Crippen molar-refractivity contribution >= 4 is 5.84 Å². The summed E-state index contributed by atoms with van der Waals surface area (Å²) in [5, 5.41) is 1.71. The van der Waals surface area contributed by atoms with E-state index in [1.807, 2.05) is 12.1 Å². The minimum atomic E-state index is 0.569. The van der Waals surface area contributed by atoms with Crippen molar-refractivity contribution in [3.63, 3.8) is 0 Å². The second-order valence-corrected chi connectivity index (χ2v) is 5.76. The van der Waals surface area contributed by atoms with Gasteiger partial charge in [-0.15, -0.1) is 0 Å². The van der Waals surface area contributed by atoms with Gasteiger partial charge in [0.15, 0.2) is 0 Å². The molecule has 0 aliphatic carbocycles. The van der Waals surface area contributed by atoms with Crippen molar-refractivity contribution in [2.45, 2.75) is 6.42 Å².